The predicted octanol–water partition coefficient (Wildman–Crippen LogP) is 5.96. The lowest BCUT2D eigenvalue weighted by atomic mass is 9.90. The second-order valence-electron chi connectivity index (χ2n) is 7.60. The van der Waals surface area contributed by atoms with Gasteiger partial charge >= 0.3 is 0 Å². The highest BCUT2D eigenvalue weighted by atomic mass is 79.9. The van der Waals surface area contributed by atoms with Crippen LogP contribution < -0.4 is 0 Å². The van der Waals surface area contributed by atoms with Gasteiger partial charge in [-0.25, -0.2) is 12.7 Å². The zero-order chi connectivity index (χ0) is 23.1. The number of ether oxygens (including phenoxy) is 1. The van der Waals surface area contributed by atoms with Crippen molar-refractivity contribution >= 4 is 43.5 Å². The number of sulfonamides is 1. The maximum Gasteiger partial charge on any atom is 0.275 e. The fourth-order valence-electron chi connectivity index (χ4n) is 3.85. The van der Waals surface area contributed by atoms with Crippen molar-refractivity contribution in [3.8, 4) is 0 Å². The van der Waals surface area contributed by atoms with Gasteiger partial charge in [-0.1, -0.05) is 82.5 Å². The fraction of sp³-hybridized carbons (Fsp3) is 0.208. The van der Waals surface area contributed by atoms with Crippen LogP contribution >= 0.6 is 27.5 Å². The number of amides is 1. The van der Waals surface area contributed by atoms with E-state index >= 15 is 0 Å². The third kappa shape index (κ3) is 3.77. The summed E-state index contributed by atoms with van der Waals surface area (Å²) in [7, 11) is -4.23. The Morgan fingerprint density at radius 3 is 2.25 bits per heavy atom. The third-order valence-electron chi connectivity index (χ3n) is 5.63. The Morgan fingerprint density at radius 1 is 1.03 bits per heavy atom. The zero-order valence-electron chi connectivity index (χ0n) is 17.5. The van der Waals surface area contributed by atoms with E-state index in [-0.39, 0.29) is 11.3 Å². The molecule has 0 aromatic heterocycles. The molecule has 1 fully saturated rings. The van der Waals surface area contributed by atoms with E-state index in [1.54, 1.807) is 67.6 Å². The maximum absolute atomic E-state index is 13.9. The number of aryl methyl sites for hydroxylation is 1. The number of rotatable bonds is 5. The molecule has 166 valence electrons. The lowest BCUT2D eigenvalue weighted by Gasteiger charge is -2.25. The lowest BCUT2D eigenvalue weighted by molar-refractivity contribution is -0.137. The van der Waals surface area contributed by atoms with E-state index in [0.29, 0.717) is 16.1 Å². The highest BCUT2D eigenvalue weighted by Crippen LogP contribution is 2.49. The van der Waals surface area contributed by atoms with Gasteiger partial charge in [0.1, 0.15) is 0 Å². The molecule has 0 N–H and O–H groups in total. The van der Waals surface area contributed by atoms with Crippen LogP contribution in [0.5, 0.6) is 0 Å². The van der Waals surface area contributed by atoms with Crippen LogP contribution in [-0.4, -0.2) is 18.6 Å². The molecule has 1 amide bonds. The van der Waals surface area contributed by atoms with Crippen molar-refractivity contribution in [3.05, 3.63) is 99.0 Å². The van der Waals surface area contributed by atoms with Crippen LogP contribution in [0.25, 0.3) is 0 Å². The SMILES string of the molecule is CC[C@@]1(c2ccc(Br)cc2)O[C@H](c2ccccc2Cl)N(S(=O)(=O)c2ccc(C)cc2)C1=O. The molecule has 2 atom stereocenters. The number of halogens is 2. The van der Waals surface area contributed by atoms with Gasteiger partial charge in [0.2, 0.25) is 0 Å². The fourth-order valence-corrected chi connectivity index (χ4v) is 5.82. The van der Waals surface area contributed by atoms with Gasteiger partial charge < -0.3 is 4.74 Å². The van der Waals surface area contributed by atoms with Crippen LogP contribution in [0, 0.1) is 6.92 Å². The molecule has 4 rings (SSSR count). The number of nitrogens with zero attached hydrogens (tertiary/aromatic N) is 1. The summed E-state index contributed by atoms with van der Waals surface area (Å²) in [6.45, 7) is 3.66. The first-order chi connectivity index (χ1) is 15.2. The van der Waals surface area contributed by atoms with Crippen molar-refractivity contribution in [2.75, 3.05) is 0 Å². The molecule has 0 bridgehead atoms. The van der Waals surface area contributed by atoms with Gasteiger partial charge in [0.05, 0.1) is 4.90 Å². The molecule has 8 heteroatoms. The molecule has 3 aromatic rings. The number of carbonyl (C=O) groups is 1. The molecule has 32 heavy (non-hydrogen) atoms. The number of carbonyl (C=O) groups excluding carboxylic acids is 1. The van der Waals surface area contributed by atoms with Gasteiger partial charge in [-0.05, 0) is 49.2 Å². The molecule has 0 radical (unpaired) electrons. The predicted molar refractivity (Wildman–Crippen MR) is 127 cm³/mol. The Labute approximate surface area is 201 Å². The van der Waals surface area contributed by atoms with Crippen LogP contribution in [0.4, 0.5) is 0 Å². The summed E-state index contributed by atoms with van der Waals surface area (Å²) < 4.78 is 35.5. The summed E-state index contributed by atoms with van der Waals surface area (Å²) in [4.78, 5) is 13.9. The van der Waals surface area contributed by atoms with E-state index in [4.69, 9.17) is 16.3 Å². The van der Waals surface area contributed by atoms with Crippen molar-refractivity contribution in [1.82, 2.24) is 4.31 Å². The highest BCUT2D eigenvalue weighted by Gasteiger charge is 2.58. The first kappa shape index (κ1) is 23.0. The Bertz CT molecular complexity index is 1260. The van der Waals surface area contributed by atoms with Gasteiger partial charge in [-0.2, -0.15) is 0 Å². The normalized spacial score (nSPS) is 21.2. The second-order valence-corrected chi connectivity index (χ2v) is 10.7. The summed E-state index contributed by atoms with van der Waals surface area (Å²) in [6, 6.07) is 20.3. The molecule has 0 aliphatic carbocycles. The number of benzene rings is 3. The first-order valence-corrected chi connectivity index (χ1v) is 12.7. The third-order valence-corrected chi connectivity index (χ3v) is 8.24. The van der Waals surface area contributed by atoms with Crippen molar-refractivity contribution in [3.63, 3.8) is 0 Å². The minimum atomic E-state index is -4.23. The highest BCUT2D eigenvalue weighted by molar-refractivity contribution is 9.10. The first-order valence-electron chi connectivity index (χ1n) is 10.0. The van der Waals surface area contributed by atoms with Gasteiger partial charge in [0, 0.05) is 15.1 Å². The molecule has 1 heterocycles. The maximum atomic E-state index is 13.9. The molecular weight excluding hydrogens is 514 g/mol. The molecule has 5 nitrogen and oxygen atoms in total. The largest absolute Gasteiger partial charge is 0.332 e. The molecule has 0 spiro atoms. The van der Waals surface area contributed by atoms with Crippen molar-refractivity contribution < 1.29 is 17.9 Å². The molecular formula is C24H21BrClNO4S. The Hall–Kier alpha value is -2.19. The van der Waals surface area contributed by atoms with Gasteiger partial charge in [-0.15, -0.1) is 0 Å². The minimum Gasteiger partial charge on any atom is -0.332 e. The summed E-state index contributed by atoms with van der Waals surface area (Å²) in [5.41, 5.74) is 0.424. The van der Waals surface area contributed by atoms with Gasteiger partial charge in [0.25, 0.3) is 15.9 Å². The van der Waals surface area contributed by atoms with E-state index in [0.717, 1.165) is 14.3 Å². The summed E-state index contributed by atoms with van der Waals surface area (Å²) in [5.74, 6) is -0.646. The summed E-state index contributed by atoms with van der Waals surface area (Å²) in [6.07, 6.45) is -0.958. The monoisotopic (exact) mass is 533 g/mol. The van der Waals surface area contributed by atoms with E-state index in [9.17, 15) is 13.2 Å². The average Bonchev–Trinajstić information content (AvgIpc) is 3.08. The van der Waals surface area contributed by atoms with Crippen molar-refractivity contribution in [1.29, 1.82) is 0 Å². The zero-order valence-corrected chi connectivity index (χ0v) is 20.6. The van der Waals surface area contributed by atoms with E-state index in [1.165, 1.54) is 12.1 Å². The second kappa shape index (κ2) is 8.63. The number of hydrogen-bond acceptors (Lipinski definition) is 4. The molecule has 1 saturated heterocycles. The van der Waals surface area contributed by atoms with E-state index < -0.39 is 27.8 Å². The van der Waals surface area contributed by atoms with E-state index in [1.807, 2.05) is 6.92 Å². The smallest absolute Gasteiger partial charge is 0.275 e. The van der Waals surface area contributed by atoms with E-state index in [2.05, 4.69) is 15.9 Å². The van der Waals surface area contributed by atoms with Crippen molar-refractivity contribution in [2.45, 2.75) is 37.0 Å². The van der Waals surface area contributed by atoms with Crippen LogP contribution in [0.1, 0.15) is 36.3 Å². The molecule has 0 unspecified atom stereocenters. The molecule has 0 saturated carbocycles. The van der Waals surface area contributed by atoms with Crippen LogP contribution in [0.2, 0.25) is 5.02 Å². The van der Waals surface area contributed by atoms with Crippen LogP contribution in [-0.2, 0) is 25.2 Å². The molecule has 3 aromatic carbocycles. The summed E-state index contributed by atoms with van der Waals surface area (Å²) >= 11 is 9.82. The Kier molecular flexibility index (Phi) is 6.20. The van der Waals surface area contributed by atoms with Gasteiger partial charge in [0.15, 0.2) is 11.8 Å². The minimum absolute atomic E-state index is 0.0137. The Morgan fingerprint density at radius 2 is 1.66 bits per heavy atom. The average molecular weight is 535 g/mol. The standard InChI is InChI=1S/C24H21BrClNO4S/c1-3-24(17-10-12-18(25)13-11-17)23(28)27(22(31-24)20-6-4-5-7-21(20)26)32(29,30)19-14-8-16(2)9-15-19/h4-15,22H,3H2,1-2H3/t22-,24+/m1/s1. The topological polar surface area (TPSA) is 63.7 Å². The quantitative estimate of drug-likeness (QED) is 0.405. The number of hydrogen-bond donors (Lipinski definition) is 0. The van der Waals surface area contributed by atoms with Crippen LogP contribution in [0.3, 0.4) is 0 Å². The van der Waals surface area contributed by atoms with Gasteiger partial charge in [-0.3, -0.25) is 4.79 Å². The summed E-state index contributed by atoms with van der Waals surface area (Å²) in [5, 5.41) is 0.317. The molecule has 1 aliphatic heterocycles. The van der Waals surface area contributed by atoms with Crippen LogP contribution in [0.15, 0.2) is 82.2 Å². The Balaban J connectivity index is 1.92. The van der Waals surface area contributed by atoms with Crippen molar-refractivity contribution in [2.24, 2.45) is 0 Å². The lowest BCUT2D eigenvalue weighted by Crippen LogP contribution is -2.41. The molecule has 1 aliphatic rings.